The minimum absolute atomic E-state index is 0.0743. The van der Waals surface area contributed by atoms with Crippen LogP contribution in [0.1, 0.15) is 23.4 Å². The first-order valence-electron chi connectivity index (χ1n) is 12.9. The van der Waals surface area contributed by atoms with Crippen LogP contribution in [0.4, 0.5) is 10.2 Å². The molecule has 2 aliphatic rings. The topological polar surface area (TPSA) is 92.3 Å². The van der Waals surface area contributed by atoms with Gasteiger partial charge in [-0.25, -0.2) is 14.4 Å². The summed E-state index contributed by atoms with van der Waals surface area (Å²) in [5.41, 5.74) is 2.46. The highest BCUT2D eigenvalue weighted by Crippen LogP contribution is 2.23. The number of aromatic nitrogens is 4. The van der Waals surface area contributed by atoms with Crippen molar-refractivity contribution >= 4 is 28.6 Å². The van der Waals surface area contributed by atoms with Crippen molar-refractivity contribution < 1.29 is 13.9 Å². The molecule has 1 atom stereocenters. The molecule has 0 aliphatic carbocycles. The van der Waals surface area contributed by atoms with Gasteiger partial charge in [0.1, 0.15) is 35.7 Å². The van der Waals surface area contributed by atoms with Gasteiger partial charge in [0.15, 0.2) is 5.65 Å². The van der Waals surface area contributed by atoms with Crippen LogP contribution in [0.25, 0.3) is 11.2 Å². The van der Waals surface area contributed by atoms with Gasteiger partial charge in [-0.1, -0.05) is 23.7 Å². The Morgan fingerprint density at radius 1 is 1.13 bits per heavy atom. The Kier molecular flexibility index (Phi) is 7.28. The zero-order valence-electron chi connectivity index (χ0n) is 21.3. The Morgan fingerprint density at radius 2 is 1.97 bits per heavy atom. The number of piperazine rings is 1. The number of hydrogen-bond acceptors (Lipinski definition) is 8. The van der Waals surface area contributed by atoms with Gasteiger partial charge in [0.2, 0.25) is 5.88 Å². The molecule has 5 heterocycles. The third-order valence-corrected chi connectivity index (χ3v) is 7.37. The molecular formula is C28H27ClFN7O2. The molecule has 0 spiro atoms. The van der Waals surface area contributed by atoms with E-state index in [1.165, 1.54) is 6.07 Å². The lowest BCUT2D eigenvalue weighted by atomic mass is 10.2. The van der Waals surface area contributed by atoms with E-state index in [1.807, 2.05) is 12.1 Å². The standard InChI is InChI=1S/C28H27ClFN7O2/c29-21-5-4-20(23(30)13-21)18-39-27-3-1-2-25(34-27)36-9-7-35(8-10-36)17-26-33-24-12-19(14-31)15-32-28(24)37(26)16-22-6-11-38-22/h1-5,12-13,15,22H,6-11,16-18H2. The lowest BCUT2D eigenvalue weighted by Crippen LogP contribution is -2.46. The summed E-state index contributed by atoms with van der Waals surface area (Å²) in [5.74, 6) is 1.80. The van der Waals surface area contributed by atoms with E-state index in [-0.39, 0.29) is 12.7 Å². The number of rotatable bonds is 8. The van der Waals surface area contributed by atoms with Gasteiger partial charge in [0.25, 0.3) is 0 Å². The summed E-state index contributed by atoms with van der Waals surface area (Å²) < 4.78 is 27.7. The Morgan fingerprint density at radius 3 is 2.72 bits per heavy atom. The molecule has 0 N–H and O–H groups in total. The Hall–Kier alpha value is -3.78. The van der Waals surface area contributed by atoms with E-state index in [0.717, 1.165) is 62.0 Å². The fraction of sp³-hybridized carbons (Fsp3) is 0.357. The van der Waals surface area contributed by atoms with Crippen molar-refractivity contribution in [1.29, 1.82) is 5.26 Å². The number of benzene rings is 1. The minimum atomic E-state index is -0.398. The lowest BCUT2D eigenvalue weighted by molar-refractivity contribution is -0.0592. The summed E-state index contributed by atoms with van der Waals surface area (Å²) in [6, 6.07) is 14.1. The molecule has 2 fully saturated rings. The van der Waals surface area contributed by atoms with E-state index in [2.05, 4.69) is 30.4 Å². The number of nitriles is 1. The van der Waals surface area contributed by atoms with E-state index < -0.39 is 5.82 Å². The van der Waals surface area contributed by atoms with E-state index >= 15 is 0 Å². The van der Waals surface area contributed by atoms with Gasteiger partial charge >= 0.3 is 0 Å². The van der Waals surface area contributed by atoms with Crippen molar-refractivity contribution in [2.75, 3.05) is 37.7 Å². The van der Waals surface area contributed by atoms with Gasteiger partial charge in [-0.15, -0.1) is 0 Å². The van der Waals surface area contributed by atoms with Crippen LogP contribution in [-0.2, 0) is 24.4 Å². The van der Waals surface area contributed by atoms with Crippen LogP contribution in [-0.4, -0.2) is 63.3 Å². The Bertz CT molecular complexity index is 1530. The summed E-state index contributed by atoms with van der Waals surface area (Å²) in [6.45, 7) is 5.52. The molecule has 0 amide bonds. The highest BCUT2D eigenvalue weighted by Gasteiger charge is 2.25. The maximum absolute atomic E-state index is 14.1. The number of anilines is 1. The molecular weight excluding hydrogens is 521 g/mol. The highest BCUT2D eigenvalue weighted by atomic mass is 35.5. The number of ether oxygens (including phenoxy) is 2. The molecule has 200 valence electrons. The third kappa shape index (κ3) is 5.66. The smallest absolute Gasteiger partial charge is 0.215 e. The Balaban J connectivity index is 1.10. The zero-order chi connectivity index (χ0) is 26.8. The van der Waals surface area contributed by atoms with Crippen molar-refractivity contribution in [2.45, 2.75) is 32.2 Å². The second kappa shape index (κ2) is 11.1. The van der Waals surface area contributed by atoms with Crippen LogP contribution in [0.2, 0.25) is 5.02 Å². The van der Waals surface area contributed by atoms with Crippen LogP contribution in [0.3, 0.4) is 0 Å². The molecule has 2 aliphatic heterocycles. The fourth-order valence-corrected chi connectivity index (χ4v) is 5.01. The molecule has 1 aromatic carbocycles. The maximum Gasteiger partial charge on any atom is 0.215 e. The summed E-state index contributed by atoms with van der Waals surface area (Å²) in [4.78, 5) is 18.6. The van der Waals surface area contributed by atoms with Gasteiger partial charge in [-0.3, -0.25) is 4.90 Å². The first kappa shape index (κ1) is 25.5. The van der Waals surface area contributed by atoms with E-state index in [1.54, 1.807) is 30.5 Å². The molecule has 4 aromatic rings. The number of pyridine rings is 2. The van der Waals surface area contributed by atoms with Crippen molar-refractivity contribution in [3.63, 3.8) is 0 Å². The van der Waals surface area contributed by atoms with Gasteiger partial charge in [-0.05, 0) is 30.7 Å². The van der Waals surface area contributed by atoms with E-state index in [9.17, 15) is 9.65 Å². The first-order chi connectivity index (χ1) is 19.1. The minimum Gasteiger partial charge on any atom is -0.473 e. The number of fused-ring (bicyclic) bond motifs is 1. The normalized spacial score (nSPS) is 17.7. The summed E-state index contributed by atoms with van der Waals surface area (Å²) in [5, 5.41) is 9.63. The number of halogens is 2. The molecule has 0 bridgehead atoms. The average Bonchev–Trinajstić information content (AvgIpc) is 3.26. The molecule has 11 heteroatoms. The monoisotopic (exact) mass is 547 g/mol. The van der Waals surface area contributed by atoms with E-state index in [0.29, 0.717) is 35.1 Å². The molecule has 0 radical (unpaired) electrons. The number of imidazole rings is 1. The average molecular weight is 548 g/mol. The van der Waals surface area contributed by atoms with Crippen molar-refractivity contribution in [3.05, 3.63) is 76.5 Å². The van der Waals surface area contributed by atoms with Gasteiger partial charge in [-0.2, -0.15) is 10.2 Å². The molecule has 0 saturated carbocycles. The zero-order valence-corrected chi connectivity index (χ0v) is 22.0. The Labute approximate surface area is 230 Å². The maximum atomic E-state index is 14.1. The van der Waals surface area contributed by atoms with Crippen LogP contribution in [0.5, 0.6) is 5.88 Å². The number of nitrogens with zero attached hydrogens (tertiary/aromatic N) is 7. The van der Waals surface area contributed by atoms with Crippen LogP contribution in [0.15, 0.2) is 48.7 Å². The predicted molar refractivity (Wildman–Crippen MR) is 144 cm³/mol. The highest BCUT2D eigenvalue weighted by molar-refractivity contribution is 6.30. The fourth-order valence-electron chi connectivity index (χ4n) is 4.85. The van der Waals surface area contributed by atoms with Crippen molar-refractivity contribution in [2.24, 2.45) is 0 Å². The largest absolute Gasteiger partial charge is 0.473 e. The molecule has 39 heavy (non-hydrogen) atoms. The molecule has 2 saturated heterocycles. The predicted octanol–water partition coefficient (Wildman–Crippen LogP) is 4.18. The summed E-state index contributed by atoms with van der Waals surface area (Å²) >= 11 is 5.84. The second-order valence-electron chi connectivity index (χ2n) is 9.72. The van der Waals surface area contributed by atoms with E-state index in [4.69, 9.17) is 26.1 Å². The molecule has 3 aromatic heterocycles. The quantitative estimate of drug-likeness (QED) is 0.324. The SMILES string of the molecule is N#Cc1cnc2c(c1)nc(CN1CCN(c3cccc(OCc4ccc(Cl)cc4F)n3)CC1)n2CC1CCO1. The second-order valence-corrected chi connectivity index (χ2v) is 10.2. The molecule has 6 rings (SSSR count). The number of hydrogen-bond donors (Lipinski definition) is 0. The van der Waals surface area contributed by atoms with Crippen molar-refractivity contribution in [3.8, 4) is 11.9 Å². The summed E-state index contributed by atoms with van der Waals surface area (Å²) in [6.07, 6.45) is 2.80. The van der Waals surface area contributed by atoms with Crippen LogP contribution >= 0.6 is 11.6 Å². The van der Waals surface area contributed by atoms with Crippen molar-refractivity contribution in [1.82, 2.24) is 24.4 Å². The molecule has 1 unspecified atom stereocenters. The van der Waals surface area contributed by atoms with Crippen LogP contribution in [0, 0.1) is 17.1 Å². The van der Waals surface area contributed by atoms with Gasteiger partial charge in [0.05, 0.1) is 24.8 Å². The summed E-state index contributed by atoms with van der Waals surface area (Å²) in [7, 11) is 0. The first-order valence-corrected chi connectivity index (χ1v) is 13.3. The van der Waals surface area contributed by atoms with Gasteiger partial charge in [0, 0.05) is 55.6 Å². The van der Waals surface area contributed by atoms with Gasteiger partial charge < -0.3 is 18.9 Å². The van der Waals surface area contributed by atoms with Crippen LogP contribution < -0.4 is 9.64 Å². The lowest BCUT2D eigenvalue weighted by Gasteiger charge is -2.35. The third-order valence-electron chi connectivity index (χ3n) is 7.13. The molecule has 9 nitrogen and oxygen atoms in total.